The zero-order chi connectivity index (χ0) is 34.6. The molecule has 0 spiro atoms. The highest BCUT2D eigenvalue weighted by molar-refractivity contribution is 5.78. The van der Waals surface area contributed by atoms with E-state index in [0.29, 0.717) is 11.6 Å². The Labute approximate surface area is 304 Å². The van der Waals surface area contributed by atoms with Gasteiger partial charge in [-0.25, -0.2) is 14.4 Å². The van der Waals surface area contributed by atoms with Crippen LogP contribution in [0, 0.1) is 5.82 Å². The number of benzene rings is 4. The lowest BCUT2D eigenvalue weighted by atomic mass is 9.89. The smallest absolute Gasteiger partial charge is 0.148 e. The van der Waals surface area contributed by atoms with Crippen LogP contribution in [0.15, 0.2) is 84.9 Å². The number of imidazole rings is 2. The third-order valence-corrected chi connectivity index (χ3v) is 12.3. The maximum Gasteiger partial charge on any atom is 0.148 e. The molecule has 4 aliphatic heterocycles. The molecule has 0 aliphatic carbocycles. The van der Waals surface area contributed by atoms with Crippen molar-refractivity contribution in [2.45, 2.75) is 81.5 Å². The van der Waals surface area contributed by atoms with Crippen LogP contribution >= 0.6 is 0 Å². The van der Waals surface area contributed by atoms with E-state index in [-0.39, 0.29) is 30.0 Å². The molecule has 0 unspecified atom stereocenters. The van der Waals surface area contributed by atoms with Gasteiger partial charge in [0.2, 0.25) is 0 Å². The van der Waals surface area contributed by atoms with Crippen molar-refractivity contribution in [3.05, 3.63) is 119 Å². The Bertz CT molecular complexity index is 2090. The van der Waals surface area contributed by atoms with Crippen molar-refractivity contribution in [2.24, 2.45) is 0 Å². The standard InChI is InChI=1S/C43H47FN8/c44-32-26-31(12-15-41(32)51-22-18-28(19-23-51)27-6-2-1-3-7-27)52-39(29-10-13-33-37(24-29)49-42(47-33)35-8-4-20-45-35)16-17-40(52)30-11-14-34-38(25-30)50-43(48-34)36-9-5-21-46-36/h1-3,6-7,10-15,24-26,28,35-36,39-40,45-46H,4-5,8-9,16-23H2,(H,47,49)(H,48,50)/t35-,36-,39-,40+/m0/s1. The van der Waals surface area contributed by atoms with E-state index in [2.05, 4.69) is 103 Å². The Hall–Kier alpha value is -4.73. The molecule has 4 saturated heterocycles. The van der Waals surface area contributed by atoms with Gasteiger partial charge in [0, 0.05) is 18.8 Å². The molecule has 52 heavy (non-hydrogen) atoms. The summed E-state index contributed by atoms with van der Waals surface area (Å²) >= 11 is 0. The van der Waals surface area contributed by atoms with Crippen LogP contribution in [0.2, 0.25) is 0 Å². The number of nitrogens with one attached hydrogen (secondary N) is 4. The topological polar surface area (TPSA) is 87.9 Å². The first kappa shape index (κ1) is 32.0. The third kappa shape index (κ3) is 5.84. The van der Waals surface area contributed by atoms with E-state index in [4.69, 9.17) is 9.97 Å². The fourth-order valence-electron chi connectivity index (χ4n) is 9.59. The van der Waals surface area contributed by atoms with Gasteiger partial charge in [0.25, 0.3) is 0 Å². The number of anilines is 2. The number of nitrogens with zero attached hydrogens (tertiary/aromatic N) is 4. The van der Waals surface area contributed by atoms with Gasteiger partial charge < -0.3 is 30.4 Å². The normalized spacial score (nSPS) is 24.2. The summed E-state index contributed by atoms with van der Waals surface area (Å²) < 4.78 is 16.4. The van der Waals surface area contributed by atoms with E-state index in [9.17, 15) is 0 Å². The predicted octanol–water partition coefficient (Wildman–Crippen LogP) is 8.89. The quantitative estimate of drug-likeness (QED) is 0.134. The van der Waals surface area contributed by atoms with Crippen LogP contribution in [0.1, 0.15) is 110 Å². The van der Waals surface area contributed by atoms with Crippen molar-refractivity contribution in [1.82, 2.24) is 30.6 Å². The molecule has 4 atom stereocenters. The summed E-state index contributed by atoms with van der Waals surface area (Å²) in [5.41, 5.74) is 9.62. The fraction of sp³-hybridized carbons (Fsp3) is 0.395. The van der Waals surface area contributed by atoms with E-state index >= 15 is 4.39 Å². The molecule has 4 N–H and O–H groups in total. The minimum atomic E-state index is -0.143. The zero-order valence-corrected chi connectivity index (χ0v) is 29.6. The van der Waals surface area contributed by atoms with Gasteiger partial charge in [0.05, 0.1) is 51.9 Å². The average Bonchev–Trinajstić information content (AvgIpc) is 4.03. The molecule has 10 rings (SSSR count). The van der Waals surface area contributed by atoms with Crippen molar-refractivity contribution < 1.29 is 4.39 Å². The molecule has 4 fully saturated rings. The highest BCUT2D eigenvalue weighted by Crippen LogP contribution is 2.48. The third-order valence-electron chi connectivity index (χ3n) is 12.3. The van der Waals surface area contributed by atoms with Gasteiger partial charge >= 0.3 is 0 Å². The Balaban J connectivity index is 0.976. The number of H-pyrrole nitrogens is 2. The number of aromatic amines is 2. The molecular formula is C43H47FN8. The van der Waals surface area contributed by atoms with Gasteiger partial charge in [0.1, 0.15) is 17.5 Å². The number of fused-ring (bicyclic) bond motifs is 2. The predicted molar refractivity (Wildman–Crippen MR) is 206 cm³/mol. The molecule has 0 saturated carbocycles. The van der Waals surface area contributed by atoms with Crippen LogP contribution in [0.25, 0.3) is 22.1 Å². The van der Waals surface area contributed by atoms with Gasteiger partial charge in [-0.1, -0.05) is 42.5 Å². The van der Waals surface area contributed by atoms with Gasteiger partial charge in [-0.3, -0.25) is 0 Å². The lowest BCUT2D eigenvalue weighted by Gasteiger charge is -2.36. The monoisotopic (exact) mass is 694 g/mol. The average molecular weight is 695 g/mol. The highest BCUT2D eigenvalue weighted by Gasteiger charge is 2.37. The van der Waals surface area contributed by atoms with E-state index in [1.807, 2.05) is 6.07 Å². The summed E-state index contributed by atoms with van der Waals surface area (Å²) in [6.07, 6.45) is 8.57. The molecule has 0 bridgehead atoms. The molecule has 8 nitrogen and oxygen atoms in total. The van der Waals surface area contributed by atoms with Gasteiger partial charge in [-0.2, -0.15) is 0 Å². The first-order valence-corrected chi connectivity index (χ1v) is 19.5. The number of hydrogen-bond acceptors (Lipinski definition) is 6. The number of aromatic nitrogens is 4. The van der Waals surface area contributed by atoms with Crippen molar-refractivity contribution in [1.29, 1.82) is 0 Å². The maximum atomic E-state index is 16.4. The first-order chi connectivity index (χ1) is 25.6. The van der Waals surface area contributed by atoms with Crippen LogP contribution in [0.5, 0.6) is 0 Å². The van der Waals surface area contributed by atoms with Crippen molar-refractivity contribution in [3.8, 4) is 0 Å². The molecule has 0 radical (unpaired) electrons. The van der Waals surface area contributed by atoms with Crippen LogP contribution in [-0.4, -0.2) is 46.1 Å². The molecule has 4 aliphatic rings. The van der Waals surface area contributed by atoms with E-state index < -0.39 is 0 Å². The first-order valence-electron chi connectivity index (χ1n) is 19.5. The largest absolute Gasteiger partial charge is 0.369 e. The minimum absolute atomic E-state index is 0.0911. The Kier molecular flexibility index (Phi) is 8.21. The summed E-state index contributed by atoms with van der Waals surface area (Å²) in [7, 11) is 0. The van der Waals surface area contributed by atoms with Crippen LogP contribution in [-0.2, 0) is 0 Å². The van der Waals surface area contributed by atoms with E-state index in [1.54, 1.807) is 6.07 Å². The molecule has 4 aromatic carbocycles. The highest BCUT2D eigenvalue weighted by atomic mass is 19.1. The molecule has 9 heteroatoms. The fourth-order valence-corrected chi connectivity index (χ4v) is 9.59. The zero-order valence-electron chi connectivity index (χ0n) is 29.6. The Morgan fingerprint density at radius 3 is 1.73 bits per heavy atom. The summed E-state index contributed by atoms with van der Waals surface area (Å²) in [5, 5.41) is 7.15. The van der Waals surface area contributed by atoms with Gasteiger partial charge in [-0.15, -0.1) is 0 Å². The molecule has 6 heterocycles. The Morgan fingerprint density at radius 1 is 0.596 bits per heavy atom. The number of rotatable bonds is 7. The molecule has 2 aromatic heterocycles. The number of hydrogen-bond donors (Lipinski definition) is 4. The maximum absolute atomic E-state index is 16.4. The molecule has 266 valence electrons. The van der Waals surface area contributed by atoms with Gasteiger partial charge in [0.15, 0.2) is 0 Å². The lowest BCUT2D eigenvalue weighted by Crippen LogP contribution is -2.33. The Morgan fingerprint density at radius 2 is 1.19 bits per heavy atom. The minimum Gasteiger partial charge on any atom is -0.369 e. The SMILES string of the molecule is Fc1cc(N2[C@@H](c3ccc4nc([C@@H]5CCCN5)[nH]c4c3)CC[C@H]2c2ccc3nc([C@@H]4CCCN4)[nH]c3c2)ccc1N1CCC(c2ccccc2)CC1. The summed E-state index contributed by atoms with van der Waals surface area (Å²) in [6, 6.07) is 30.8. The van der Waals surface area contributed by atoms with Crippen LogP contribution in [0.3, 0.4) is 0 Å². The number of piperidine rings is 1. The van der Waals surface area contributed by atoms with Gasteiger partial charge in [-0.05, 0) is 130 Å². The number of halogens is 1. The second-order valence-corrected chi connectivity index (χ2v) is 15.4. The second-order valence-electron chi connectivity index (χ2n) is 15.4. The summed E-state index contributed by atoms with van der Waals surface area (Å²) in [5.74, 6) is 2.43. The summed E-state index contributed by atoms with van der Waals surface area (Å²) in [4.78, 5) is 21.9. The molecular weight excluding hydrogens is 648 g/mol. The van der Waals surface area contributed by atoms with Crippen LogP contribution in [0.4, 0.5) is 15.8 Å². The van der Waals surface area contributed by atoms with Crippen molar-refractivity contribution >= 4 is 33.4 Å². The van der Waals surface area contributed by atoms with Crippen molar-refractivity contribution in [2.75, 3.05) is 36.0 Å². The molecule has 6 aromatic rings. The second kappa shape index (κ2) is 13.4. The van der Waals surface area contributed by atoms with Crippen molar-refractivity contribution in [3.63, 3.8) is 0 Å². The molecule has 0 amide bonds. The van der Waals surface area contributed by atoms with E-state index in [0.717, 1.165) is 104 Å². The lowest BCUT2D eigenvalue weighted by molar-refractivity contribution is 0.497. The van der Waals surface area contributed by atoms with Crippen LogP contribution < -0.4 is 20.4 Å². The summed E-state index contributed by atoms with van der Waals surface area (Å²) in [6.45, 7) is 3.79. The van der Waals surface area contributed by atoms with E-state index in [1.165, 1.54) is 29.5 Å².